The first-order valence-corrected chi connectivity index (χ1v) is 10.4. The normalized spacial score (nSPS) is 10.4. The summed E-state index contributed by atoms with van der Waals surface area (Å²) in [5.74, 6) is 0. The van der Waals surface area contributed by atoms with Crippen LogP contribution in [0.25, 0.3) is 10.8 Å². The Labute approximate surface area is 194 Å². The standard InChI is InChI=1S/C24H18Cl2N4O2/c25-16-7-3-9-18(13-16)27-23(31)29-20-11-1-5-15-6-2-12-21(22(15)20)30-24(32)28-19-10-4-8-17(26)14-19/h1-14H,(H2,27,29,31)(H2,28,30,32). The number of carbonyl (C=O) groups excluding carboxylic acids is 2. The molecule has 0 aliphatic rings. The zero-order valence-electron chi connectivity index (χ0n) is 16.7. The van der Waals surface area contributed by atoms with Gasteiger partial charge in [0.15, 0.2) is 0 Å². The zero-order valence-corrected chi connectivity index (χ0v) is 18.2. The minimum Gasteiger partial charge on any atom is -0.308 e. The highest BCUT2D eigenvalue weighted by Crippen LogP contribution is 2.31. The summed E-state index contributed by atoms with van der Waals surface area (Å²) in [6.45, 7) is 0. The molecule has 0 spiro atoms. The van der Waals surface area contributed by atoms with Gasteiger partial charge >= 0.3 is 12.1 Å². The van der Waals surface area contributed by atoms with Crippen molar-refractivity contribution in [2.24, 2.45) is 0 Å². The highest BCUT2D eigenvalue weighted by molar-refractivity contribution is 6.31. The van der Waals surface area contributed by atoms with E-state index in [-0.39, 0.29) is 0 Å². The molecule has 4 aromatic rings. The Hall–Kier alpha value is -3.74. The van der Waals surface area contributed by atoms with Crippen molar-refractivity contribution in [2.45, 2.75) is 0 Å². The topological polar surface area (TPSA) is 82.3 Å². The molecule has 0 radical (unpaired) electrons. The quantitative estimate of drug-likeness (QED) is 0.253. The summed E-state index contributed by atoms with van der Waals surface area (Å²) in [6.07, 6.45) is 0. The van der Waals surface area contributed by atoms with Crippen LogP contribution >= 0.6 is 23.2 Å². The summed E-state index contributed by atoms with van der Waals surface area (Å²) in [5, 5.41) is 13.8. The Morgan fingerprint density at radius 3 is 1.44 bits per heavy atom. The maximum Gasteiger partial charge on any atom is 0.323 e. The SMILES string of the molecule is O=C(Nc1cccc(Cl)c1)Nc1cccc2cccc(NC(=O)Nc3cccc(Cl)c3)c12. The second kappa shape index (κ2) is 9.60. The highest BCUT2D eigenvalue weighted by Gasteiger charge is 2.12. The van der Waals surface area contributed by atoms with Crippen LogP contribution in [-0.2, 0) is 0 Å². The fourth-order valence-corrected chi connectivity index (χ4v) is 3.63. The molecule has 160 valence electrons. The fraction of sp³-hybridized carbons (Fsp3) is 0. The van der Waals surface area contributed by atoms with Crippen molar-refractivity contribution in [1.82, 2.24) is 0 Å². The molecular weight excluding hydrogens is 447 g/mol. The number of hydrogen-bond donors (Lipinski definition) is 4. The molecule has 0 aliphatic heterocycles. The van der Waals surface area contributed by atoms with Crippen LogP contribution in [0.1, 0.15) is 0 Å². The molecule has 32 heavy (non-hydrogen) atoms. The summed E-state index contributed by atoms with van der Waals surface area (Å²) in [7, 11) is 0. The Morgan fingerprint density at radius 2 is 1.00 bits per heavy atom. The largest absolute Gasteiger partial charge is 0.323 e. The molecule has 0 saturated carbocycles. The van der Waals surface area contributed by atoms with Crippen LogP contribution in [0.2, 0.25) is 10.0 Å². The van der Waals surface area contributed by atoms with Crippen molar-refractivity contribution in [3.8, 4) is 0 Å². The van der Waals surface area contributed by atoms with Gasteiger partial charge in [-0.2, -0.15) is 0 Å². The average molecular weight is 465 g/mol. The number of carbonyl (C=O) groups is 2. The van der Waals surface area contributed by atoms with E-state index in [9.17, 15) is 9.59 Å². The predicted octanol–water partition coefficient (Wildman–Crippen LogP) is 7.43. The van der Waals surface area contributed by atoms with E-state index in [0.717, 1.165) is 5.39 Å². The molecule has 4 aromatic carbocycles. The minimum atomic E-state index is -0.432. The Morgan fingerprint density at radius 1 is 0.562 bits per heavy atom. The monoisotopic (exact) mass is 464 g/mol. The number of benzene rings is 4. The first-order chi connectivity index (χ1) is 15.5. The Kier molecular flexibility index (Phi) is 6.44. The van der Waals surface area contributed by atoms with E-state index in [2.05, 4.69) is 21.3 Å². The summed E-state index contributed by atoms with van der Waals surface area (Å²) >= 11 is 12.0. The van der Waals surface area contributed by atoms with Crippen LogP contribution < -0.4 is 21.3 Å². The second-order valence-electron chi connectivity index (χ2n) is 6.89. The summed E-state index contributed by atoms with van der Waals surface area (Å²) in [6, 6.07) is 23.8. The number of fused-ring (bicyclic) bond motifs is 1. The number of amides is 4. The molecule has 0 bridgehead atoms. The molecule has 6 nitrogen and oxygen atoms in total. The highest BCUT2D eigenvalue weighted by atomic mass is 35.5. The van der Waals surface area contributed by atoms with Gasteiger partial charge in [0.05, 0.1) is 11.4 Å². The van der Waals surface area contributed by atoms with Gasteiger partial charge in [-0.05, 0) is 53.9 Å². The molecule has 8 heteroatoms. The van der Waals surface area contributed by atoms with Gasteiger partial charge in [-0.15, -0.1) is 0 Å². The van der Waals surface area contributed by atoms with E-state index in [4.69, 9.17) is 23.2 Å². The van der Waals surface area contributed by atoms with Crippen LogP contribution in [-0.4, -0.2) is 12.1 Å². The van der Waals surface area contributed by atoms with Crippen molar-refractivity contribution >= 4 is 68.8 Å². The maximum absolute atomic E-state index is 12.6. The summed E-state index contributed by atoms with van der Waals surface area (Å²) in [4.78, 5) is 25.1. The van der Waals surface area contributed by atoms with Gasteiger partial charge in [0, 0.05) is 26.8 Å². The summed E-state index contributed by atoms with van der Waals surface area (Å²) in [5.41, 5.74) is 2.21. The van der Waals surface area contributed by atoms with Crippen molar-refractivity contribution < 1.29 is 9.59 Å². The molecule has 4 amide bonds. The van der Waals surface area contributed by atoms with E-state index < -0.39 is 12.1 Å². The fourth-order valence-electron chi connectivity index (χ4n) is 3.25. The van der Waals surface area contributed by atoms with Gasteiger partial charge in [-0.25, -0.2) is 9.59 Å². The van der Waals surface area contributed by atoms with Crippen LogP contribution in [0, 0.1) is 0 Å². The number of rotatable bonds is 4. The maximum atomic E-state index is 12.6. The molecule has 0 aliphatic carbocycles. The van der Waals surface area contributed by atoms with Crippen molar-refractivity contribution in [3.05, 3.63) is 95.0 Å². The summed E-state index contributed by atoms with van der Waals surface area (Å²) < 4.78 is 0. The third kappa shape index (κ3) is 5.29. The number of nitrogens with one attached hydrogen (secondary N) is 4. The second-order valence-corrected chi connectivity index (χ2v) is 7.76. The van der Waals surface area contributed by atoms with Gasteiger partial charge in [-0.1, -0.05) is 59.6 Å². The molecule has 0 unspecified atom stereocenters. The lowest BCUT2D eigenvalue weighted by Gasteiger charge is -2.15. The first kappa shape index (κ1) is 21.5. The molecule has 0 aromatic heterocycles. The van der Waals surface area contributed by atoms with Crippen molar-refractivity contribution in [3.63, 3.8) is 0 Å². The molecule has 4 N–H and O–H groups in total. The Bertz CT molecular complexity index is 1210. The van der Waals surface area contributed by atoms with E-state index >= 15 is 0 Å². The van der Waals surface area contributed by atoms with Crippen molar-refractivity contribution in [1.29, 1.82) is 0 Å². The molecule has 0 atom stereocenters. The van der Waals surface area contributed by atoms with E-state index in [0.29, 0.717) is 38.2 Å². The minimum absolute atomic E-state index is 0.432. The lowest BCUT2D eigenvalue weighted by molar-refractivity contribution is 0.261. The van der Waals surface area contributed by atoms with Crippen LogP contribution in [0.3, 0.4) is 0 Å². The zero-order chi connectivity index (χ0) is 22.5. The van der Waals surface area contributed by atoms with Gasteiger partial charge in [0.1, 0.15) is 0 Å². The van der Waals surface area contributed by atoms with E-state index in [1.54, 1.807) is 60.7 Å². The van der Waals surface area contributed by atoms with Gasteiger partial charge < -0.3 is 21.3 Å². The third-order valence-corrected chi connectivity index (χ3v) is 5.04. The van der Waals surface area contributed by atoms with Crippen molar-refractivity contribution in [2.75, 3.05) is 21.3 Å². The van der Waals surface area contributed by atoms with Gasteiger partial charge in [-0.3, -0.25) is 0 Å². The molecular formula is C24H18Cl2N4O2. The third-order valence-electron chi connectivity index (χ3n) is 4.57. The lowest BCUT2D eigenvalue weighted by Crippen LogP contribution is -2.21. The smallest absolute Gasteiger partial charge is 0.308 e. The van der Waals surface area contributed by atoms with E-state index in [1.165, 1.54) is 0 Å². The lowest BCUT2D eigenvalue weighted by atomic mass is 10.1. The molecule has 4 rings (SSSR count). The Balaban J connectivity index is 1.56. The number of hydrogen-bond acceptors (Lipinski definition) is 2. The van der Waals surface area contributed by atoms with E-state index in [1.807, 2.05) is 24.3 Å². The van der Waals surface area contributed by atoms with Gasteiger partial charge in [0.25, 0.3) is 0 Å². The van der Waals surface area contributed by atoms with Crippen LogP contribution in [0.5, 0.6) is 0 Å². The van der Waals surface area contributed by atoms with Crippen LogP contribution in [0.4, 0.5) is 32.3 Å². The first-order valence-electron chi connectivity index (χ1n) is 9.67. The molecule has 0 heterocycles. The predicted molar refractivity (Wildman–Crippen MR) is 132 cm³/mol. The number of urea groups is 2. The van der Waals surface area contributed by atoms with Gasteiger partial charge in [0.2, 0.25) is 0 Å². The number of anilines is 4. The molecule has 0 saturated heterocycles. The molecule has 0 fully saturated rings. The average Bonchev–Trinajstić information content (AvgIpc) is 2.74. The van der Waals surface area contributed by atoms with Crippen LogP contribution in [0.15, 0.2) is 84.9 Å². The number of halogens is 2.